The van der Waals surface area contributed by atoms with Crippen molar-refractivity contribution in [3.8, 4) is 0 Å². The van der Waals surface area contributed by atoms with Gasteiger partial charge in [-0.3, -0.25) is 0 Å². The summed E-state index contributed by atoms with van der Waals surface area (Å²) >= 11 is 0. The Labute approximate surface area is 79.2 Å². The predicted molar refractivity (Wildman–Crippen MR) is 43.4 cm³/mol. The van der Waals surface area contributed by atoms with Gasteiger partial charge in [0, 0.05) is 12.4 Å². The molecule has 0 fully saturated rings. The summed E-state index contributed by atoms with van der Waals surface area (Å²) in [6, 6.07) is 0. The van der Waals surface area contributed by atoms with E-state index in [1.165, 1.54) is 12.4 Å². The van der Waals surface area contributed by atoms with Gasteiger partial charge in [-0.2, -0.15) is 13.2 Å². The molecular formula is C6H9ClF3N3. The Balaban J connectivity index is 0.00000144. The fourth-order valence-electron chi connectivity index (χ4n) is 0.867. The summed E-state index contributed by atoms with van der Waals surface area (Å²) in [5.74, 6) is 0.243. The third kappa shape index (κ3) is 3.65. The van der Waals surface area contributed by atoms with Gasteiger partial charge in [-0.15, -0.1) is 12.4 Å². The summed E-state index contributed by atoms with van der Waals surface area (Å²) in [4.78, 5) is 3.66. The number of halogens is 4. The molecule has 1 aromatic heterocycles. The van der Waals surface area contributed by atoms with Gasteiger partial charge in [-0.1, -0.05) is 0 Å². The predicted octanol–water partition coefficient (Wildman–Crippen LogP) is 1.33. The highest BCUT2D eigenvalue weighted by atomic mass is 35.5. The van der Waals surface area contributed by atoms with Gasteiger partial charge < -0.3 is 10.3 Å². The van der Waals surface area contributed by atoms with E-state index >= 15 is 0 Å². The number of imidazole rings is 1. The zero-order valence-corrected chi connectivity index (χ0v) is 7.40. The SMILES string of the molecule is Cl.NCc1nccn1CC(F)(F)F. The van der Waals surface area contributed by atoms with Crippen molar-refractivity contribution in [2.45, 2.75) is 19.3 Å². The lowest BCUT2D eigenvalue weighted by atomic mass is 10.5. The molecule has 0 spiro atoms. The monoisotopic (exact) mass is 215 g/mol. The highest BCUT2D eigenvalue weighted by molar-refractivity contribution is 5.85. The Morgan fingerprint density at radius 3 is 2.54 bits per heavy atom. The number of rotatable bonds is 2. The molecule has 76 valence electrons. The largest absolute Gasteiger partial charge is 0.406 e. The summed E-state index contributed by atoms with van der Waals surface area (Å²) in [6.45, 7) is -1.01. The number of nitrogens with two attached hydrogens (primary N) is 1. The Morgan fingerprint density at radius 2 is 2.08 bits per heavy atom. The number of alkyl halides is 3. The van der Waals surface area contributed by atoms with E-state index < -0.39 is 12.7 Å². The number of aromatic nitrogens is 2. The van der Waals surface area contributed by atoms with Crippen LogP contribution in [0.3, 0.4) is 0 Å². The summed E-state index contributed by atoms with van der Waals surface area (Å²) in [7, 11) is 0. The quantitative estimate of drug-likeness (QED) is 0.809. The molecule has 0 unspecified atom stereocenters. The first-order chi connectivity index (χ1) is 5.53. The van der Waals surface area contributed by atoms with Gasteiger partial charge in [-0.05, 0) is 0 Å². The van der Waals surface area contributed by atoms with Crippen LogP contribution in [0.4, 0.5) is 13.2 Å². The normalized spacial score (nSPS) is 11.1. The van der Waals surface area contributed by atoms with E-state index in [0.717, 1.165) is 4.57 Å². The van der Waals surface area contributed by atoms with Crippen LogP contribution in [0.25, 0.3) is 0 Å². The second-order valence-electron chi connectivity index (χ2n) is 2.29. The van der Waals surface area contributed by atoms with Crippen LogP contribution in [-0.2, 0) is 13.1 Å². The van der Waals surface area contributed by atoms with E-state index in [1.54, 1.807) is 0 Å². The van der Waals surface area contributed by atoms with E-state index in [4.69, 9.17) is 5.73 Å². The lowest BCUT2D eigenvalue weighted by Gasteiger charge is -2.08. The molecule has 0 bridgehead atoms. The molecule has 3 nitrogen and oxygen atoms in total. The maximum Gasteiger partial charge on any atom is 0.406 e. The summed E-state index contributed by atoms with van der Waals surface area (Å²) < 4.78 is 36.5. The minimum absolute atomic E-state index is 0. The third-order valence-electron chi connectivity index (χ3n) is 1.33. The van der Waals surface area contributed by atoms with E-state index in [0.29, 0.717) is 0 Å². The molecule has 2 N–H and O–H groups in total. The van der Waals surface area contributed by atoms with Crippen molar-refractivity contribution >= 4 is 12.4 Å². The van der Waals surface area contributed by atoms with Crippen molar-refractivity contribution in [3.63, 3.8) is 0 Å². The van der Waals surface area contributed by atoms with Crippen LogP contribution < -0.4 is 5.73 Å². The Morgan fingerprint density at radius 1 is 1.46 bits per heavy atom. The molecule has 0 aromatic carbocycles. The van der Waals surface area contributed by atoms with Crippen LogP contribution in [0.5, 0.6) is 0 Å². The number of nitrogens with zero attached hydrogens (tertiary/aromatic N) is 2. The smallest absolute Gasteiger partial charge is 0.325 e. The molecule has 0 amide bonds. The number of hydrogen-bond donors (Lipinski definition) is 1. The third-order valence-corrected chi connectivity index (χ3v) is 1.33. The average Bonchev–Trinajstić information content (AvgIpc) is 2.31. The first kappa shape index (κ1) is 12.2. The molecule has 0 radical (unpaired) electrons. The van der Waals surface area contributed by atoms with E-state index in [9.17, 15) is 13.2 Å². The zero-order chi connectivity index (χ0) is 9.19. The molecule has 1 rings (SSSR count). The van der Waals surface area contributed by atoms with Gasteiger partial charge in [0.25, 0.3) is 0 Å². The standard InChI is InChI=1S/C6H8F3N3.ClH/c7-6(8,9)4-12-2-1-11-5(12)3-10;/h1-2H,3-4,10H2;1H. The topological polar surface area (TPSA) is 43.8 Å². The Kier molecular flexibility index (Phi) is 4.22. The second-order valence-corrected chi connectivity index (χ2v) is 2.29. The summed E-state index contributed by atoms with van der Waals surface area (Å²) in [5.41, 5.74) is 5.16. The first-order valence-corrected chi connectivity index (χ1v) is 3.30. The van der Waals surface area contributed by atoms with Gasteiger partial charge in [0.2, 0.25) is 0 Å². The Hall–Kier alpha value is -0.750. The summed E-state index contributed by atoms with van der Waals surface area (Å²) in [5, 5.41) is 0. The van der Waals surface area contributed by atoms with Crippen molar-refractivity contribution in [2.75, 3.05) is 0 Å². The van der Waals surface area contributed by atoms with Crippen molar-refractivity contribution in [2.24, 2.45) is 5.73 Å². The molecule has 0 aliphatic rings. The molecule has 13 heavy (non-hydrogen) atoms. The van der Waals surface area contributed by atoms with Crippen molar-refractivity contribution < 1.29 is 13.2 Å². The lowest BCUT2D eigenvalue weighted by molar-refractivity contribution is -0.141. The maximum atomic E-state index is 11.8. The zero-order valence-electron chi connectivity index (χ0n) is 6.58. The molecule has 0 saturated carbocycles. The fourth-order valence-corrected chi connectivity index (χ4v) is 0.867. The van der Waals surface area contributed by atoms with Crippen LogP contribution in [0.1, 0.15) is 5.82 Å². The van der Waals surface area contributed by atoms with Crippen molar-refractivity contribution in [1.29, 1.82) is 0 Å². The average molecular weight is 216 g/mol. The molecule has 0 aliphatic carbocycles. The van der Waals surface area contributed by atoms with Crippen molar-refractivity contribution in [3.05, 3.63) is 18.2 Å². The first-order valence-electron chi connectivity index (χ1n) is 3.30. The minimum atomic E-state index is -4.22. The van der Waals surface area contributed by atoms with Gasteiger partial charge >= 0.3 is 6.18 Å². The van der Waals surface area contributed by atoms with Crippen LogP contribution in [-0.4, -0.2) is 15.7 Å². The molecule has 7 heteroatoms. The van der Waals surface area contributed by atoms with Crippen LogP contribution in [0.15, 0.2) is 12.4 Å². The Bertz CT molecular complexity index is 258. The van der Waals surface area contributed by atoms with Crippen LogP contribution >= 0.6 is 12.4 Å². The van der Waals surface area contributed by atoms with Gasteiger partial charge in [0.1, 0.15) is 12.4 Å². The van der Waals surface area contributed by atoms with Gasteiger partial charge in [0.05, 0.1) is 6.54 Å². The van der Waals surface area contributed by atoms with Crippen molar-refractivity contribution in [1.82, 2.24) is 9.55 Å². The second kappa shape index (κ2) is 4.48. The molecule has 0 aliphatic heterocycles. The maximum absolute atomic E-state index is 11.8. The van der Waals surface area contributed by atoms with Crippen LogP contribution in [0, 0.1) is 0 Å². The molecule has 0 atom stereocenters. The van der Waals surface area contributed by atoms with Crippen LogP contribution in [0.2, 0.25) is 0 Å². The van der Waals surface area contributed by atoms with E-state index in [-0.39, 0.29) is 24.8 Å². The van der Waals surface area contributed by atoms with Gasteiger partial charge in [0.15, 0.2) is 0 Å². The molecular weight excluding hydrogens is 207 g/mol. The molecule has 1 heterocycles. The van der Waals surface area contributed by atoms with E-state index in [1.807, 2.05) is 0 Å². The highest BCUT2D eigenvalue weighted by Gasteiger charge is 2.28. The number of hydrogen-bond acceptors (Lipinski definition) is 2. The molecule has 0 saturated heterocycles. The molecule has 1 aromatic rings. The fraction of sp³-hybridized carbons (Fsp3) is 0.500. The highest BCUT2D eigenvalue weighted by Crippen LogP contribution is 2.17. The summed E-state index contributed by atoms with van der Waals surface area (Å²) in [6.07, 6.45) is -1.66. The lowest BCUT2D eigenvalue weighted by Crippen LogP contribution is -2.20. The van der Waals surface area contributed by atoms with Gasteiger partial charge in [-0.25, -0.2) is 4.98 Å². The minimum Gasteiger partial charge on any atom is -0.325 e. The van der Waals surface area contributed by atoms with E-state index in [2.05, 4.69) is 4.98 Å².